The van der Waals surface area contributed by atoms with Gasteiger partial charge in [0.2, 0.25) is 0 Å². The maximum absolute atomic E-state index is 11.9. The van der Waals surface area contributed by atoms with E-state index in [0.29, 0.717) is 17.8 Å². The summed E-state index contributed by atoms with van der Waals surface area (Å²) >= 11 is 3.33. The molecule has 0 saturated heterocycles. The fourth-order valence-electron chi connectivity index (χ4n) is 2.16. The minimum atomic E-state index is -0.386. The molecule has 0 aliphatic rings. The van der Waals surface area contributed by atoms with Gasteiger partial charge in [0.25, 0.3) is 0 Å². The summed E-state index contributed by atoms with van der Waals surface area (Å²) in [4.78, 5) is 16.2. The summed E-state index contributed by atoms with van der Waals surface area (Å²) in [5.74, 6) is -0.386. The standard InChI is InChI=1S/C17H19BrN2O2/c1-17(2,12-7-5-4-6-8-12)20-11-15-14(16(21)22-3)9-13(18)10-19-15/h4-10,20H,11H2,1-3H3. The van der Waals surface area contributed by atoms with Crippen molar-refractivity contribution in [2.45, 2.75) is 25.9 Å². The third-order valence-corrected chi connectivity index (χ3v) is 3.97. The largest absolute Gasteiger partial charge is 0.465 e. The lowest BCUT2D eigenvalue weighted by Crippen LogP contribution is -2.36. The Morgan fingerprint density at radius 3 is 2.64 bits per heavy atom. The highest BCUT2D eigenvalue weighted by molar-refractivity contribution is 9.10. The maximum Gasteiger partial charge on any atom is 0.339 e. The van der Waals surface area contributed by atoms with E-state index in [0.717, 1.165) is 4.47 Å². The molecule has 2 aromatic rings. The minimum Gasteiger partial charge on any atom is -0.465 e. The molecule has 0 amide bonds. The first kappa shape index (κ1) is 16.6. The Balaban J connectivity index is 2.20. The Bertz CT molecular complexity index is 657. The van der Waals surface area contributed by atoms with E-state index in [1.54, 1.807) is 12.3 Å². The zero-order chi connectivity index (χ0) is 16.2. The van der Waals surface area contributed by atoms with Crippen LogP contribution in [0.4, 0.5) is 0 Å². The van der Waals surface area contributed by atoms with Crippen molar-refractivity contribution in [3.63, 3.8) is 0 Å². The summed E-state index contributed by atoms with van der Waals surface area (Å²) in [5.41, 5.74) is 2.07. The fourth-order valence-corrected chi connectivity index (χ4v) is 2.49. The third-order valence-electron chi connectivity index (χ3n) is 3.54. The highest BCUT2D eigenvalue weighted by atomic mass is 79.9. The van der Waals surface area contributed by atoms with Gasteiger partial charge in [0.1, 0.15) is 0 Å². The van der Waals surface area contributed by atoms with Crippen LogP contribution in [0.2, 0.25) is 0 Å². The molecule has 0 unspecified atom stereocenters. The van der Waals surface area contributed by atoms with Crippen molar-refractivity contribution in [2.75, 3.05) is 7.11 Å². The number of aromatic nitrogens is 1. The van der Waals surface area contributed by atoms with Gasteiger partial charge in [-0.3, -0.25) is 4.98 Å². The van der Waals surface area contributed by atoms with Crippen LogP contribution in [0.15, 0.2) is 47.1 Å². The second-order valence-electron chi connectivity index (χ2n) is 5.48. The molecule has 0 atom stereocenters. The summed E-state index contributed by atoms with van der Waals surface area (Å²) < 4.78 is 5.57. The zero-order valence-corrected chi connectivity index (χ0v) is 14.5. The molecule has 116 valence electrons. The summed E-state index contributed by atoms with van der Waals surface area (Å²) in [6, 6.07) is 11.9. The van der Waals surface area contributed by atoms with Gasteiger partial charge in [0.05, 0.1) is 18.4 Å². The summed E-state index contributed by atoms with van der Waals surface area (Å²) in [6.07, 6.45) is 1.68. The van der Waals surface area contributed by atoms with Gasteiger partial charge >= 0.3 is 5.97 Å². The van der Waals surface area contributed by atoms with Crippen molar-refractivity contribution in [1.29, 1.82) is 0 Å². The van der Waals surface area contributed by atoms with Crippen LogP contribution in [-0.4, -0.2) is 18.1 Å². The normalized spacial score (nSPS) is 11.3. The van der Waals surface area contributed by atoms with Crippen LogP contribution in [0.3, 0.4) is 0 Å². The highest BCUT2D eigenvalue weighted by Crippen LogP contribution is 2.21. The number of carbonyl (C=O) groups excluding carboxylic acids is 1. The molecule has 22 heavy (non-hydrogen) atoms. The number of ether oxygens (including phenoxy) is 1. The third kappa shape index (κ3) is 3.93. The molecule has 0 bridgehead atoms. The van der Waals surface area contributed by atoms with E-state index < -0.39 is 0 Å². The smallest absolute Gasteiger partial charge is 0.339 e. The molecule has 0 radical (unpaired) electrons. The van der Waals surface area contributed by atoms with Gasteiger partial charge in [-0.1, -0.05) is 30.3 Å². The van der Waals surface area contributed by atoms with Crippen LogP contribution < -0.4 is 5.32 Å². The number of rotatable bonds is 5. The van der Waals surface area contributed by atoms with Gasteiger partial charge < -0.3 is 10.1 Å². The van der Waals surface area contributed by atoms with Gasteiger partial charge in [0.15, 0.2) is 0 Å². The molecule has 1 N–H and O–H groups in total. The number of benzene rings is 1. The first-order chi connectivity index (χ1) is 10.4. The average Bonchev–Trinajstić information content (AvgIpc) is 2.53. The van der Waals surface area contributed by atoms with E-state index in [1.165, 1.54) is 12.7 Å². The highest BCUT2D eigenvalue weighted by Gasteiger charge is 2.21. The van der Waals surface area contributed by atoms with Crippen LogP contribution in [0.25, 0.3) is 0 Å². The minimum absolute atomic E-state index is 0.233. The summed E-state index contributed by atoms with van der Waals surface area (Å²) in [7, 11) is 1.37. The van der Waals surface area contributed by atoms with Crippen molar-refractivity contribution >= 4 is 21.9 Å². The molecule has 0 saturated carbocycles. The number of carbonyl (C=O) groups is 1. The molecule has 1 heterocycles. The monoisotopic (exact) mass is 362 g/mol. The Labute approximate surface area is 139 Å². The number of esters is 1. The molecule has 0 aliphatic carbocycles. The number of pyridine rings is 1. The van der Waals surface area contributed by atoms with Crippen LogP contribution in [-0.2, 0) is 16.8 Å². The molecule has 0 fully saturated rings. The van der Waals surface area contributed by atoms with Gasteiger partial charge in [-0.25, -0.2) is 4.79 Å². The van der Waals surface area contributed by atoms with E-state index >= 15 is 0 Å². The molecule has 2 rings (SSSR count). The van der Waals surface area contributed by atoms with Gasteiger partial charge in [-0.2, -0.15) is 0 Å². The fraction of sp³-hybridized carbons (Fsp3) is 0.294. The zero-order valence-electron chi connectivity index (χ0n) is 12.9. The van der Waals surface area contributed by atoms with Crippen molar-refractivity contribution in [3.8, 4) is 0 Å². The Hall–Kier alpha value is -1.72. The van der Waals surface area contributed by atoms with E-state index in [-0.39, 0.29) is 11.5 Å². The van der Waals surface area contributed by atoms with Crippen molar-refractivity contribution < 1.29 is 9.53 Å². The molecule has 1 aromatic carbocycles. The topological polar surface area (TPSA) is 51.2 Å². The first-order valence-corrected chi connectivity index (χ1v) is 7.76. The van der Waals surface area contributed by atoms with Crippen molar-refractivity contribution in [1.82, 2.24) is 10.3 Å². The number of halogens is 1. The predicted molar refractivity (Wildman–Crippen MR) is 89.6 cm³/mol. The van der Waals surface area contributed by atoms with Gasteiger partial charge in [-0.15, -0.1) is 0 Å². The number of methoxy groups -OCH3 is 1. The van der Waals surface area contributed by atoms with Crippen LogP contribution in [0, 0.1) is 0 Å². The molecule has 5 heteroatoms. The molecule has 4 nitrogen and oxygen atoms in total. The molecular weight excluding hydrogens is 344 g/mol. The Kier molecular flexibility index (Phi) is 5.32. The maximum atomic E-state index is 11.9. The quantitative estimate of drug-likeness (QED) is 0.824. The molecule has 1 aromatic heterocycles. The van der Waals surface area contributed by atoms with Crippen LogP contribution >= 0.6 is 15.9 Å². The van der Waals surface area contributed by atoms with E-state index in [1.807, 2.05) is 18.2 Å². The lowest BCUT2D eigenvalue weighted by atomic mass is 9.94. The number of hydrogen-bond acceptors (Lipinski definition) is 4. The lowest BCUT2D eigenvalue weighted by Gasteiger charge is -2.27. The number of nitrogens with one attached hydrogen (secondary N) is 1. The second kappa shape index (κ2) is 7.03. The number of hydrogen-bond donors (Lipinski definition) is 1. The van der Waals surface area contributed by atoms with E-state index in [4.69, 9.17) is 4.74 Å². The second-order valence-corrected chi connectivity index (χ2v) is 6.40. The average molecular weight is 363 g/mol. The first-order valence-electron chi connectivity index (χ1n) is 6.97. The van der Waals surface area contributed by atoms with Gasteiger partial charge in [-0.05, 0) is 41.4 Å². The van der Waals surface area contributed by atoms with Crippen LogP contribution in [0.5, 0.6) is 0 Å². The van der Waals surface area contributed by atoms with Crippen molar-refractivity contribution in [3.05, 3.63) is 63.9 Å². The van der Waals surface area contributed by atoms with Gasteiger partial charge in [0, 0.05) is 22.8 Å². The van der Waals surface area contributed by atoms with Crippen molar-refractivity contribution in [2.24, 2.45) is 0 Å². The SMILES string of the molecule is COC(=O)c1cc(Br)cnc1CNC(C)(C)c1ccccc1. The molecule has 0 aliphatic heterocycles. The van der Waals surface area contributed by atoms with E-state index in [2.05, 4.69) is 52.2 Å². The molecule has 0 spiro atoms. The lowest BCUT2D eigenvalue weighted by molar-refractivity contribution is 0.0598. The van der Waals surface area contributed by atoms with Crippen LogP contribution in [0.1, 0.15) is 35.5 Å². The Morgan fingerprint density at radius 1 is 1.32 bits per heavy atom. The predicted octanol–water partition coefficient (Wildman–Crippen LogP) is 3.66. The summed E-state index contributed by atoms with van der Waals surface area (Å²) in [5, 5.41) is 3.44. The number of nitrogens with zero attached hydrogens (tertiary/aromatic N) is 1. The molecular formula is C17H19BrN2O2. The summed E-state index contributed by atoms with van der Waals surface area (Å²) in [6.45, 7) is 4.66. The Morgan fingerprint density at radius 2 is 2.00 bits per heavy atom. The van der Waals surface area contributed by atoms with E-state index in [9.17, 15) is 4.79 Å².